The molecule has 0 spiro atoms. The summed E-state index contributed by atoms with van der Waals surface area (Å²) in [7, 11) is 0. The van der Waals surface area contributed by atoms with E-state index >= 15 is 0 Å². The Morgan fingerprint density at radius 3 is 2.62 bits per heavy atom. The van der Waals surface area contributed by atoms with Gasteiger partial charge in [0, 0.05) is 38.0 Å². The zero-order valence-corrected chi connectivity index (χ0v) is 18.8. The minimum Gasteiger partial charge on any atom is -0.379 e. The highest BCUT2D eigenvalue weighted by Crippen LogP contribution is 2.14. The quantitative estimate of drug-likeness (QED) is 0.492. The summed E-state index contributed by atoms with van der Waals surface area (Å²) in [4.78, 5) is 33.5. The highest BCUT2D eigenvalue weighted by atomic mass is 32.1. The molecule has 7 nitrogen and oxygen atoms in total. The van der Waals surface area contributed by atoms with E-state index in [-0.39, 0.29) is 18.4 Å². The van der Waals surface area contributed by atoms with Crippen LogP contribution in [0, 0.1) is 6.92 Å². The van der Waals surface area contributed by atoms with E-state index in [4.69, 9.17) is 4.74 Å². The van der Waals surface area contributed by atoms with Crippen molar-refractivity contribution in [2.24, 2.45) is 0 Å². The van der Waals surface area contributed by atoms with Crippen molar-refractivity contribution in [1.29, 1.82) is 0 Å². The number of thiazole rings is 1. The van der Waals surface area contributed by atoms with Gasteiger partial charge in [-0.1, -0.05) is 39.0 Å². The molecule has 8 heteroatoms. The van der Waals surface area contributed by atoms with Crippen LogP contribution in [0.4, 0.5) is 5.13 Å². The first kappa shape index (κ1) is 23.8. The SMILES string of the molecule is CCCCCCCCC(=O)N(CCN1CCOCC1)CC(=O)Nc1nc(C)cs1. The number of carbonyl (C=O) groups is 2. The predicted octanol–water partition coefficient (Wildman–Crippen LogP) is 3.30. The smallest absolute Gasteiger partial charge is 0.245 e. The third-order valence-electron chi connectivity index (χ3n) is 5.09. The third-order valence-corrected chi connectivity index (χ3v) is 5.96. The van der Waals surface area contributed by atoms with Crippen molar-refractivity contribution < 1.29 is 14.3 Å². The topological polar surface area (TPSA) is 74.8 Å². The Labute approximate surface area is 178 Å². The summed E-state index contributed by atoms with van der Waals surface area (Å²) >= 11 is 1.40. The monoisotopic (exact) mass is 424 g/mol. The minimum absolute atomic E-state index is 0.0687. The number of nitrogens with zero attached hydrogens (tertiary/aromatic N) is 3. The Bertz CT molecular complexity index is 617. The number of hydrogen-bond acceptors (Lipinski definition) is 6. The zero-order valence-electron chi connectivity index (χ0n) is 18.0. The molecule has 0 aliphatic carbocycles. The van der Waals surface area contributed by atoms with Crippen LogP contribution in [-0.2, 0) is 14.3 Å². The van der Waals surface area contributed by atoms with E-state index in [1.165, 1.54) is 37.0 Å². The van der Waals surface area contributed by atoms with Crippen molar-refractivity contribution in [2.75, 3.05) is 51.3 Å². The van der Waals surface area contributed by atoms with Crippen molar-refractivity contribution in [3.05, 3.63) is 11.1 Å². The molecule has 164 valence electrons. The van der Waals surface area contributed by atoms with Gasteiger partial charge >= 0.3 is 0 Å². The van der Waals surface area contributed by atoms with Gasteiger partial charge in [-0.2, -0.15) is 0 Å². The van der Waals surface area contributed by atoms with Crippen LogP contribution in [-0.4, -0.2) is 72.5 Å². The van der Waals surface area contributed by atoms with Gasteiger partial charge in [-0.25, -0.2) is 4.98 Å². The lowest BCUT2D eigenvalue weighted by Gasteiger charge is -2.30. The molecule has 29 heavy (non-hydrogen) atoms. The molecule has 1 N–H and O–H groups in total. The number of amides is 2. The van der Waals surface area contributed by atoms with E-state index < -0.39 is 0 Å². The van der Waals surface area contributed by atoms with Crippen LogP contribution in [0.3, 0.4) is 0 Å². The van der Waals surface area contributed by atoms with Gasteiger partial charge in [-0.15, -0.1) is 11.3 Å². The molecular weight excluding hydrogens is 388 g/mol. The van der Waals surface area contributed by atoms with Crippen LogP contribution in [0.5, 0.6) is 0 Å². The number of morpholine rings is 1. The predicted molar refractivity (Wildman–Crippen MR) is 117 cm³/mol. The number of nitrogens with one attached hydrogen (secondary N) is 1. The van der Waals surface area contributed by atoms with Gasteiger partial charge < -0.3 is 15.0 Å². The fourth-order valence-corrected chi connectivity index (χ4v) is 4.04. The van der Waals surface area contributed by atoms with Crippen molar-refractivity contribution in [3.8, 4) is 0 Å². The van der Waals surface area contributed by atoms with E-state index in [1.54, 1.807) is 4.90 Å². The molecule has 2 heterocycles. The second kappa shape index (κ2) is 13.7. The van der Waals surface area contributed by atoms with E-state index in [1.807, 2.05) is 12.3 Å². The molecule has 0 radical (unpaired) electrons. The molecule has 2 rings (SSSR count). The highest BCUT2D eigenvalue weighted by molar-refractivity contribution is 7.13. The van der Waals surface area contributed by atoms with Gasteiger partial charge in [0.05, 0.1) is 25.5 Å². The lowest BCUT2D eigenvalue weighted by atomic mass is 10.1. The van der Waals surface area contributed by atoms with Gasteiger partial charge in [0.2, 0.25) is 11.8 Å². The molecule has 1 saturated heterocycles. The molecule has 0 saturated carbocycles. The Morgan fingerprint density at radius 2 is 1.93 bits per heavy atom. The maximum Gasteiger partial charge on any atom is 0.245 e. The molecule has 1 aromatic heterocycles. The van der Waals surface area contributed by atoms with Gasteiger partial charge in [-0.3, -0.25) is 14.5 Å². The number of aromatic nitrogens is 1. The third kappa shape index (κ3) is 9.69. The lowest BCUT2D eigenvalue weighted by molar-refractivity contribution is -0.135. The van der Waals surface area contributed by atoms with Crippen LogP contribution in [0.2, 0.25) is 0 Å². The van der Waals surface area contributed by atoms with Crippen molar-refractivity contribution in [3.63, 3.8) is 0 Å². The molecule has 0 unspecified atom stereocenters. The molecule has 0 aromatic carbocycles. The van der Waals surface area contributed by atoms with Crippen molar-refractivity contribution >= 4 is 28.3 Å². The van der Waals surface area contributed by atoms with Crippen LogP contribution in [0.1, 0.15) is 57.6 Å². The number of carbonyl (C=O) groups excluding carboxylic acids is 2. The summed E-state index contributed by atoms with van der Waals surface area (Å²) in [6.45, 7) is 8.74. The lowest BCUT2D eigenvalue weighted by Crippen LogP contribution is -2.45. The minimum atomic E-state index is -0.183. The standard InChI is InChI=1S/C21H36N4O3S/c1-3-4-5-6-7-8-9-20(27)25(11-10-24-12-14-28-15-13-24)16-19(26)23-21-22-18(2)17-29-21/h17H,3-16H2,1-2H3,(H,22,23,26). The largest absolute Gasteiger partial charge is 0.379 e. The first-order valence-electron chi connectivity index (χ1n) is 10.9. The number of aryl methyl sites for hydroxylation is 1. The van der Waals surface area contributed by atoms with Gasteiger partial charge in [0.15, 0.2) is 5.13 Å². The summed E-state index contributed by atoms with van der Waals surface area (Å²) in [6.07, 6.45) is 7.38. The second-order valence-electron chi connectivity index (χ2n) is 7.63. The molecule has 2 amide bonds. The fourth-order valence-electron chi connectivity index (χ4n) is 3.34. The maximum atomic E-state index is 12.8. The molecule has 0 bridgehead atoms. The molecule has 1 aliphatic heterocycles. The van der Waals surface area contributed by atoms with E-state index in [9.17, 15) is 9.59 Å². The Balaban J connectivity index is 1.81. The van der Waals surface area contributed by atoms with Crippen molar-refractivity contribution in [1.82, 2.24) is 14.8 Å². The zero-order chi connectivity index (χ0) is 20.9. The molecule has 1 aliphatic rings. The van der Waals surface area contributed by atoms with E-state index in [0.29, 0.717) is 18.1 Å². The Kier molecular flexibility index (Phi) is 11.2. The first-order valence-corrected chi connectivity index (χ1v) is 11.8. The number of anilines is 1. The van der Waals surface area contributed by atoms with Crippen LogP contribution < -0.4 is 5.32 Å². The number of unbranched alkanes of at least 4 members (excludes halogenated alkanes) is 5. The van der Waals surface area contributed by atoms with E-state index in [2.05, 4.69) is 22.1 Å². The molecule has 1 aromatic rings. The highest BCUT2D eigenvalue weighted by Gasteiger charge is 2.19. The maximum absolute atomic E-state index is 12.8. The normalized spacial score (nSPS) is 14.7. The van der Waals surface area contributed by atoms with Crippen LogP contribution >= 0.6 is 11.3 Å². The number of rotatable bonds is 13. The molecule has 0 atom stereocenters. The summed E-state index contributed by atoms with van der Waals surface area (Å²) < 4.78 is 5.39. The fraction of sp³-hybridized carbons (Fsp3) is 0.762. The van der Waals surface area contributed by atoms with Gasteiger partial charge in [0.1, 0.15) is 0 Å². The van der Waals surface area contributed by atoms with Gasteiger partial charge in [0.25, 0.3) is 0 Å². The van der Waals surface area contributed by atoms with Crippen molar-refractivity contribution in [2.45, 2.75) is 58.8 Å². The summed E-state index contributed by atoms with van der Waals surface area (Å²) in [5, 5.41) is 5.30. The summed E-state index contributed by atoms with van der Waals surface area (Å²) in [5.74, 6) is -0.114. The van der Waals surface area contributed by atoms with Gasteiger partial charge in [-0.05, 0) is 13.3 Å². The number of hydrogen-bond donors (Lipinski definition) is 1. The van der Waals surface area contributed by atoms with Crippen LogP contribution in [0.25, 0.3) is 0 Å². The average molecular weight is 425 g/mol. The Hall–Kier alpha value is -1.51. The molecule has 1 fully saturated rings. The first-order chi connectivity index (χ1) is 14.1. The van der Waals surface area contributed by atoms with E-state index in [0.717, 1.165) is 51.4 Å². The molecular formula is C21H36N4O3S. The summed E-state index contributed by atoms with van der Waals surface area (Å²) in [6, 6.07) is 0. The van der Waals surface area contributed by atoms with Crippen LogP contribution in [0.15, 0.2) is 5.38 Å². The summed E-state index contributed by atoms with van der Waals surface area (Å²) in [5.41, 5.74) is 0.883. The second-order valence-corrected chi connectivity index (χ2v) is 8.49. The Morgan fingerprint density at radius 1 is 1.21 bits per heavy atom. The average Bonchev–Trinajstić information content (AvgIpc) is 3.12. The number of ether oxygens (including phenoxy) is 1.